The molecule has 0 bridgehead atoms. The average Bonchev–Trinajstić information content (AvgIpc) is 2.16. The standard InChI is InChI=1S/C8H9ClN2O2S/c1-5(8(12)13)14-4-6-2-11-7(9)3-10-6/h2-3,5H,4H2,1H3,(H,12,13). The number of hydrogen-bond donors (Lipinski definition) is 1. The Morgan fingerprint density at radius 1 is 1.64 bits per heavy atom. The first-order valence-electron chi connectivity index (χ1n) is 3.90. The predicted octanol–water partition coefficient (Wildman–Crippen LogP) is 1.84. The van der Waals surface area contributed by atoms with Crippen LogP contribution in [-0.2, 0) is 10.5 Å². The number of nitrogens with zero attached hydrogens (tertiary/aromatic N) is 2. The Hall–Kier alpha value is -0.810. The van der Waals surface area contributed by atoms with Crippen molar-refractivity contribution in [3.8, 4) is 0 Å². The molecule has 0 aliphatic rings. The SMILES string of the molecule is CC(SCc1cnc(Cl)cn1)C(=O)O. The van der Waals surface area contributed by atoms with E-state index in [0.717, 1.165) is 5.69 Å². The summed E-state index contributed by atoms with van der Waals surface area (Å²) < 4.78 is 0. The molecule has 0 saturated carbocycles. The van der Waals surface area contributed by atoms with E-state index in [2.05, 4.69) is 9.97 Å². The van der Waals surface area contributed by atoms with Gasteiger partial charge in [0.15, 0.2) is 0 Å². The van der Waals surface area contributed by atoms with E-state index in [0.29, 0.717) is 10.9 Å². The van der Waals surface area contributed by atoms with Crippen LogP contribution < -0.4 is 0 Å². The van der Waals surface area contributed by atoms with Crippen LogP contribution in [0.2, 0.25) is 5.15 Å². The van der Waals surface area contributed by atoms with Gasteiger partial charge in [0.05, 0.1) is 23.3 Å². The third-order valence-electron chi connectivity index (χ3n) is 1.50. The Bertz CT molecular complexity index is 318. The fraction of sp³-hybridized carbons (Fsp3) is 0.375. The summed E-state index contributed by atoms with van der Waals surface area (Å²) in [6.45, 7) is 1.64. The Kier molecular flexibility index (Phi) is 4.16. The van der Waals surface area contributed by atoms with Gasteiger partial charge in [0.2, 0.25) is 0 Å². The monoisotopic (exact) mass is 232 g/mol. The van der Waals surface area contributed by atoms with Gasteiger partial charge in [0.25, 0.3) is 0 Å². The number of halogens is 1. The van der Waals surface area contributed by atoms with E-state index >= 15 is 0 Å². The number of thioether (sulfide) groups is 1. The molecule has 0 aliphatic carbocycles. The van der Waals surface area contributed by atoms with E-state index in [1.54, 1.807) is 13.1 Å². The van der Waals surface area contributed by atoms with Gasteiger partial charge in [-0.2, -0.15) is 0 Å². The molecule has 1 atom stereocenters. The second-order valence-corrected chi connectivity index (χ2v) is 4.34. The van der Waals surface area contributed by atoms with Crippen LogP contribution in [0.25, 0.3) is 0 Å². The van der Waals surface area contributed by atoms with Gasteiger partial charge >= 0.3 is 5.97 Å². The molecular weight excluding hydrogens is 224 g/mol. The molecule has 6 heteroatoms. The minimum absolute atomic E-state index is 0.338. The van der Waals surface area contributed by atoms with Gasteiger partial charge in [-0.1, -0.05) is 11.6 Å². The first kappa shape index (κ1) is 11.3. The van der Waals surface area contributed by atoms with Crippen molar-refractivity contribution >= 4 is 29.3 Å². The first-order valence-corrected chi connectivity index (χ1v) is 5.33. The zero-order chi connectivity index (χ0) is 10.6. The molecule has 14 heavy (non-hydrogen) atoms. The molecule has 1 unspecified atom stereocenters. The van der Waals surface area contributed by atoms with Gasteiger partial charge in [-0.3, -0.25) is 9.78 Å². The highest BCUT2D eigenvalue weighted by Crippen LogP contribution is 2.16. The minimum atomic E-state index is -0.822. The van der Waals surface area contributed by atoms with Crippen molar-refractivity contribution in [3.63, 3.8) is 0 Å². The highest BCUT2D eigenvalue weighted by molar-refractivity contribution is 7.99. The lowest BCUT2D eigenvalue weighted by molar-refractivity contribution is -0.136. The van der Waals surface area contributed by atoms with Gasteiger partial charge in [0, 0.05) is 5.75 Å². The third kappa shape index (κ3) is 3.51. The molecule has 0 aromatic carbocycles. The number of hydrogen-bond acceptors (Lipinski definition) is 4. The number of carbonyl (C=O) groups is 1. The fourth-order valence-electron chi connectivity index (χ4n) is 0.695. The summed E-state index contributed by atoms with van der Waals surface area (Å²) in [5.74, 6) is -0.297. The smallest absolute Gasteiger partial charge is 0.316 e. The third-order valence-corrected chi connectivity index (χ3v) is 2.86. The lowest BCUT2D eigenvalue weighted by Gasteiger charge is -2.04. The van der Waals surface area contributed by atoms with E-state index in [1.807, 2.05) is 0 Å². The largest absolute Gasteiger partial charge is 0.480 e. The van der Waals surface area contributed by atoms with Crippen molar-refractivity contribution in [3.05, 3.63) is 23.2 Å². The van der Waals surface area contributed by atoms with Gasteiger partial charge in [-0.25, -0.2) is 4.98 Å². The summed E-state index contributed by atoms with van der Waals surface area (Å²) in [7, 11) is 0. The van der Waals surface area contributed by atoms with Crippen molar-refractivity contribution in [2.75, 3.05) is 0 Å². The van der Waals surface area contributed by atoms with Crippen molar-refractivity contribution in [2.24, 2.45) is 0 Å². The molecule has 0 saturated heterocycles. The van der Waals surface area contributed by atoms with Gasteiger partial charge in [-0.05, 0) is 6.92 Å². The fourth-order valence-corrected chi connectivity index (χ4v) is 1.51. The topological polar surface area (TPSA) is 63.1 Å². The van der Waals surface area contributed by atoms with E-state index in [-0.39, 0.29) is 0 Å². The summed E-state index contributed by atoms with van der Waals surface area (Å²) in [6.07, 6.45) is 2.99. The molecule has 0 radical (unpaired) electrons. The molecule has 4 nitrogen and oxygen atoms in total. The molecule has 1 N–H and O–H groups in total. The Morgan fingerprint density at radius 2 is 2.36 bits per heavy atom. The van der Waals surface area contributed by atoms with Crippen LogP contribution in [0.15, 0.2) is 12.4 Å². The van der Waals surface area contributed by atoms with Crippen LogP contribution in [0.4, 0.5) is 0 Å². The molecule has 76 valence electrons. The van der Waals surface area contributed by atoms with Crippen molar-refractivity contribution < 1.29 is 9.90 Å². The number of carboxylic acids is 1. The summed E-state index contributed by atoms with van der Waals surface area (Å²) >= 11 is 6.85. The lowest BCUT2D eigenvalue weighted by atomic mass is 10.5. The number of rotatable bonds is 4. The molecule has 1 aromatic heterocycles. The minimum Gasteiger partial charge on any atom is -0.480 e. The molecular formula is C8H9ClN2O2S. The van der Waals surface area contributed by atoms with Crippen LogP contribution in [0.3, 0.4) is 0 Å². The highest BCUT2D eigenvalue weighted by atomic mass is 35.5. The summed E-state index contributed by atoms with van der Waals surface area (Å²) in [6, 6.07) is 0. The average molecular weight is 233 g/mol. The Morgan fingerprint density at radius 3 is 2.86 bits per heavy atom. The number of aromatic nitrogens is 2. The van der Waals surface area contributed by atoms with Gasteiger partial charge in [-0.15, -0.1) is 11.8 Å². The highest BCUT2D eigenvalue weighted by Gasteiger charge is 2.11. The quantitative estimate of drug-likeness (QED) is 0.858. The molecule has 1 heterocycles. The second-order valence-electron chi connectivity index (χ2n) is 2.62. The Labute approximate surface area is 90.7 Å². The summed E-state index contributed by atoms with van der Waals surface area (Å²) in [4.78, 5) is 18.3. The van der Waals surface area contributed by atoms with E-state index in [1.165, 1.54) is 18.0 Å². The van der Waals surface area contributed by atoms with E-state index < -0.39 is 11.2 Å². The predicted molar refractivity (Wildman–Crippen MR) is 55.4 cm³/mol. The summed E-state index contributed by atoms with van der Waals surface area (Å²) in [5, 5.41) is 8.53. The van der Waals surface area contributed by atoms with E-state index in [9.17, 15) is 4.79 Å². The molecule has 0 aliphatic heterocycles. The first-order chi connectivity index (χ1) is 6.59. The zero-order valence-corrected chi connectivity index (χ0v) is 9.05. The van der Waals surface area contributed by atoms with E-state index in [4.69, 9.17) is 16.7 Å². The van der Waals surface area contributed by atoms with Crippen LogP contribution in [-0.4, -0.2) is 26.3 Å². The van der Waals surface area contributed by atoms with Crippen molar-refractivity contribution in [1.82, 2.24) is 9.97 Å². The molecule has 0 amide bonds. The molecule has 0 spiro atoms. The Balaban J connectivity index is 2.46. The molecule has 0 fully saturated rings. The number of carboxylic acid groups (broad SMARTS) is 1. The zero-order valence-electron chi connectivity index (χ0n) is 7.48. The maximum Gasteiger partial charge on any atom is 0.316 e. The maximum absolute atomic E-state index is 10.5. The maximum atomic E-state index is 10.5. The molecule has 1 rings (SSSR count). The van der Waals surface area contributed by atoms with Gasteiger partial charge < -0.3 is 5.11 Å². The van der Waals surface area contributed by atoms with Crippen LogP contribution in [0.5, 0.6) is 0 Å². The second kappa shape index (κ2) is 5.17. The van der Waals surface area contributed by atoms with Crippen molar-refractivity contribution in [1.29, 1.82) is 0 Å². The normalized spacial score (nSPS) is 12.4. The lowest BCUT2D eigenvalue weighted by Crippen LogP contribution is -2.11. The summed E-state index contributed by atoms with van der Waals surface area (Å²) in [5.41, 5.74) is 0.729. The van der Waals surface area contributed by atoms with Crippen LogP contribution in [0, 0.1) is 0 Å². The van der Waals surface area contributed by atoms with Crippen LogP contribution in [0.1, 0.15) is 12.6 Å². The molecule has 1 aromatic rings. The number of aliphatic carboxylic acids is 1. The van der Waals surface area contributed by atoms with Gasteiger partial charge in [0.1, 0.15) is 5.15 Å². The van der Waals surface area contributed by atoms with Crippen molar-refractivity contribution in [2.45, 2.75) is 17.9 Å². The van der Waals surface area contributed by atoms with Crippen LogP contribution >= 0.6 is 23.4 Å².